The fourth-order valence-electron chi connectivity index (χ4n) is 2.86. The summed E-state index contributed by atoms with van der Waals surface area (Å²) in [6.45, 7) is 6.00. The van der Waals surface area contributed by atoms with Crippen molar-refractivity contribution >= 4 is 38.6 Å². The summed E-state index contributed by atoms with van der Waals surface area (Å²) in [6, 6.07) is 6.10. The number of aromatic nitrogens is 3. The third kappa shape index (κ3) is 2.38. The first-order valence-electron chi connectivity index (χ1n) is 6.68. The van der Waals surface area contributed by atoms with Gasteiger partial charge in [0.2, 0.25) is 0 Å². The topological polar surface area (TPSA) is 43.9 Å². The van der Waals surface area contributed by atoms with Gasteiger partial charge in [-0.1, -0.05) is 21.1 Å². The van der Waals surface area contributed by atoms with Crippen LogP contribution in [0.1, 0.15) is 35.8 Å². The number of benzene rings is 1. The molecule has 110 valence electrons. The molecule has 0 aliphatic carbocycles. The molecular weight excluding hydrogens is 354 g/mol. The van der Waals surface area contributed by atoms with Gasteiger partial charge in [0.1, 0.15) is 11.6 Å². The molecule has 1 unspecified atom stereocenters. The zero-order valence-corrected chi connectivity index (χ0v) is 14.4. The van der Waals surface area contributed by atoms with Gasteiger partial charge >= 0.3 is 0 Å². The average molecular weight is 369 g/mol. The van der Waals surface area contributed by atoms with Crippen molar-refractivity contribution in [2.45, 2.75) is 32.7 Å². The smallest absolute Gasteiger partial charge is 0.139 e. The highest BCUT2D eigenvalue weighted by Gasteiger charge is 2.22. The number of aryl methyl sites for hydroxylation is 2. The Kier molecular flexibility index (Phi) is 3.80. The number of hydrogen-bond acceptors (Lipinski definition) is 3. The predicted octanol–water partition coefficient (Wildman–Crippen LogP) is 4.75. The minimum Gasteiger partial charge on any atom is -0.361 e. The van der Waals surface area contributed by atoms with Crippen LogP contribution in [0.25, 0.3) is 11.0 Å². The molecule has 0 radical (unpaired) electrons. The Hall–Kier alpha value is -1.33. The lowest BCUT2D eigenvalue weighted by molar-refractivity contribution is 0.391. The van der Waals surface area contributed by atoms with Crippen LogP contribution in [0.15, 0.2) is 27.2 Å². The van der Waals surface area contributed by atoms with Crippen LogP contribution in [0.5, 0.6) is 0 Å². The van der Waals surface area contributed by atoms with Gasteiger partial charge in [0.15, 0.2) is 0 Å². The van der Waals surface area contributed by atoms with E-state index in [2.05, 4.69) is 43.6 Å². The number of rotatable bonds is 3. The molecule has 3 aromatic rings. The van der Waals surface area contributed by atoms with Crippen LogP contribution < -0.4 is 0 Å². The summed E-state index contributed by atoms with van der Waals surface area (Å²) in [5, 5.41) is 4.05. The number of fused-ring (bicyclic) bond motifs is 1. The summed E-state index contributed by atoms with van der Waals surface area (Å²) in [5.41, 5.74) is 3.97. The Morgan fingerprint density at radius 3 is 2.76 bits per heavy atom. The van der Waals surface area contributed by atoms with Crippen molar-refractivity contribution in [1.29, 1.82) is 0 Å². The van der Waals surface area contributed by atoms with E-state index in [1.54, 1.807) is 0 Å². The molecule has 4 nitrogen and oxygen atoms in total. The Morgan fingerprint density at radius 1 is 1.38 bits per heavy atom. The minimum absolute atomic E-state index is 0.0595. The maximum atomic E-state index is 6.09. The normalized spacial score (nSPS) is 13.0. The van der Waals surface area contributed by atoms with Crippen molar-refractivity contribution < 1.29 is 4.52 Å². The Morgan fingerprint density at radius 2 is 2.14 bits per heavy atom. The van der Waals surface area contributed by atoms with E-state index in [1.165, 1.54) is 0 Å². The molecule has 1 aromatic carbocycles. The third-order valence-corrected chi connectivity index (χ3v) is 4.47. The first-order chi connectivity index (χ1) is 10.0. The molecule has 1 atom stereocenters. The lowest BCUT2D eigenvalue weighted by Crippen LogP contribution is -2.11. The lowest BCUT2D eigenvalue weighted by atomic mass is 10.1. The van der Waals surface area contributed by atoms with E-state index in [4.69, 9.17) is 16.1 Å². The van der Waals surface area contributed by atoms with Crippen molar-refractivity contribution in [3.8, 4) is 0 Å². The maximum absolute atomic E-state index is 6.09. The lowest BCUT2D eigenvalue weighted by Gasteiger charge is -2.17. The molecule has 2 aromatic heterocycles. The second-order valence-corrected chi connectivity index (χ2v) is 6.26. The number of nitrogens with zero attached hydrogens (tertiary/aromatic N) is 3. The summed E-state index contributed by atoms with van der Waals surface area (Å²) < 4.78 is 8.47. The monoisotopic (exact) mass is 367 g/mol. The van der Waals surface area contributed by atoms with E-state index in [1.807, 2.05) is 26.0 Å². The molecule has 0 saturated carbocycles. The number of alkyl halides is 1. The van der Waals surface area contributed by atoms with Crippen LogP contribution >= 0.6 is 27.5 Å². The first kappa shape index (κ1) is 14.6. The van der Waals surface area contributed by atoms with Crippen LogP contribution in [-0.2, 0) is 5.88 Å². The molecule has 0 bridgehead atoms. The Bertz CT molecular complexity index is 789. The van der Waals surface area contributed by atoms with Crippen molar-refractivity contribution in [3.05, 3.63) is 45.5 Å². The van der Waals surface area contributed by atoms with Gasteiger partial charge in [0.25, 0.3) is 0 Å². The van der Waals surface area contributed by atoms with Crippen molar-refractivity contribution in [2.75, 3.05) is 0 Å². The highest BCUT2D eigenvalue weighted by Crippen LogP contribution is 2.31. The van der Waals surface area contributed by atoms with Crippen molar-refractivity contribution in [2.24, 2.45) is 0 Å². The van der Waals surface area contributed by atoms with E-state index < -0.39 is 0 Å². The summed E-state index contributed by atoms with van der Waals surface area (Å²) in [6.07, 6.45) is 0. The molecule has 6 heteroatoms. The van der Waals surface area contributed by atoms with Crippen LogP contribution in [0.2, 0.25) is 0 Å². The summed E-state index contributed by atoms with van der Waals surface area (Å²) in [5.74, 6) is 2.04. The Labute approximate surface area is 136 Å². The van der Waals surface area contributed by atoms with E-state index in [0.29, 0.717) is 5.88 Å². The summed E-state index contributed by atoms with van der Waals surface area (Å²) in [7, 11) is 0. The van der Waals surface area contributed by atoms with Gasteiger partial charge in [-0.15, -0.1) is 11.6 Å². The zero-order chi connectivity index (χ0) is 15.1. The highest BCUT2D eigenvalue weighted by molar-refractivity contribution is 9.10. The summed E-state index contributed by atoms with van der Waals surface area (Å²) >= 11 is 9.61. The summed E-state index contributed by atoms with van der Waals surface area (Å²) in [4.78, 5) is 4.62. The van der Waals surface area contributed by atoms with Crippen molar-refractivity contribution in [1.82, 2.24) is 14.7 Å². The molecule has 0 spiro atoms. The fourth-order valence-corrected chi connectivity index (χ4v) is 3.40. The molecular formula is C15H15BrClN3O. The van der Waals surface area contributed by atoms with E-state index >= 15 is 0 Å². The van der Waals surface area contributed by atoms with Crippen molar-refractivity contribution in [3.63, 3.8) is 0 Å². The second kappa shape index (κ2) is 5.46. The molecule has 3 rings (SSSR count). The number of halogens is 2. The molecule has 0 fully saturated rings. The number of hydrogen-bond donors (Lipinski definition) is 0. The van der Waals surface area contributed by atoms with Crippen LogP contribution in [0.3, 0.4) is 0 Å². The minimum atomic E-state index is 0.0595. The second-order valence-electron chi connectivity index (χ2n) is 5.08. The van der Waals surface area contributed by atoms with Gasteiger partial charge in [0, 0.05) is 10.0 Å². The zero-order valence-electron chi connectivity index (χ0n) is 12.0. The number of imidazole rings is 1. The van der Waals surface area contributed by atoms with Crippen LogP contribution in [0.4, 0.5) is 0 Å². The molecule has 0 amide bonds. The molecule has 2 heterocycles. The standard InChI is InChI=1S/C15H15BrClN3O/c1-8-15(10(3)21-19-8)9(2)20-13-6-11(16)4-5-12(13)18-14(20)7-17/h4-6,9H,7H2,1-3H3. The predicted molar refractivity (Wildman–Crippen MR) is 86.8 cm³/mol. The molecule has 0 N–H and O–H groups in total. The molecule has 0 aliphatic heterocycles. The van der Waals surface area contributed by atoms with Crippen LogP contribution in [0, 0.1) is 13.8 Å². The highest BCUT2D eigenvalue weighted by atomic mass is 79.9. The van der Waals surface area contributed by atoms with Gasteiger partial charge < -0.3 is 9.09 Å². The maximum Gasteiger partial charge on any atom is 0.139 e. The van der Waals surface area contributed by atoms with Gasteiger partial charge in [-0.05, 0) is 39.0 Å². The molecule has 21 heavy (non-hydrogen) atoms. The quantitative estimate of drug-likeness (QED) is 0.626. The Balaban J connectivity index is 2.25. The van der Waals surface area contributed by atoms with E-state index in [9.17, 15) is 0 Å². The van der Waals surface area contributed by atoms with E-state index in [-0.39, 0.29) is 6.04 Å². The molecule has 0 saturated heterocycles. The fraction of sp³-hybridized carbons (Fsp3) is 0.333. The SMILES string of the molecule is Cc1noc(C)c1C(C)n1c(CCl)nc2ccc(Br)cc21. The van der Waals surface area contributed by atoms with Gasteiger partial charge in [0.05, 0.1) is 28.6 Å². The molecule has 0 aliphatic rings. The largest absolute Gasteiger partial charge is 0.361 e. The van der Waals surface area contributed by atoms with Gasteiger partial charge in [-0.3, -0.25) is 0 Å². The third-order valence-electron chi connectivity index (χ3n) is 3.74. The first-order valence-corrected chi connectivity index (χ1v) is 8.00. The van der Waals surface area contributed by atoms with Gasteiger partial charge in [-0.2, -0.15) is 0 Å². The van der Waals surface area contributed by atoms with E-state index in [0.717, 1.165) is 38.3 Å². The van der Waals surface area contributed by atoms with Crippen LogP contribution in [-0.4, -0.2) is 14.7 Å². The average Bonchev–Trinajstić information content (AvgIpc) is 2.98. The van der Waals surface area contributed by atoms with Gasteiger partial charge in [-0.25, -0.2) is 4.98 Å².